The maximum absolute atomic E-state index is 10.6. The largest absolute Gasteiger partial charge is 0.311 e. The minimum atomic E-state index is -0.228. The first-order chi connectivity index (χ1) is 6.13. The van der Waals surface area contributed by atoms with Crippen LogP contribution in [0.5, 0.6) is 0 Å². The summed E-state index contributed by atoms with van der Waals surface area (Å²) >= 11 is 5.63. The molecule has 0 spiro atoms. The van der Waals surface area contributed by atoms with E-state index in [4.69, 9.17) is 16.9 Å². The van der Waals surface area contributed by atoms with Crippen molar-refractivity contribution in [3.63, 3.8) is 0 Å². The lowest BCUT2D eigenvalue weighted by Crippen LogP contribution is -2.07. The first-order valence-corrected chi connectivity index (χ1v) is 3.85. The van der Waals surface area contributed by atoms with Crippen molar-refractivity contribution < 1.29 is 4.79 Å². The van der Waals surface area contributed by atoms with Crippen molar-refractivity contribution >= 4 is 23.3 Å². The molecule has 0 aliphatic heterocycles. The molecule has 1 N–H and O–H groups in total. The summed E-state index contributed by atoms with van der Waals surface area (Å²) in [6.45, 7) is 1.37. The molecular formula is C8H6ClN3O. The van der Waals surface area contributed by atoms with E-state index in [0.717, 1.165) is 0 Å². The van der Waals surface area contributed by atoms with Crippen LogP contribution in [0.15, 0.2) is 12.1 Å². The van der Waals surface area contributed by atoms with Crippen LogP contribution in [0.25, 0.3) is 0 Å². The highest BCUT2D eigenvalue weighted by molar-refractivity contribution is 6.30. The highest BCUT2D eigenvalue weighted by atomic mass is 35.5. The van der Waals surface area contributed by atoms with Crippen molar-refractivity contribution in [1.82, 2.24) is 4.98 Å². The Hall–Kier alpha value is -1.60. The number of rotatable bonds is 1. The van der Waals surface area contributed by atoms with Gasteiger partial charge in [0.2, 0.25) is 5.91 Å². The average molecular weight is 196 g/mol. The van der Waals surface area contributed by atoms with Gasteiger partial charge in [0.05, 0.1) is 5.56 Å². The Bertz CT molecular complexity index is 383. The van der Waals surface area contributed by atoms with Gasteiger partial charge in [-0.1, -0.05) is 11.6 Å². The summed E-state index contributed by atoms with van der Waals surface area (Å²) in [6.07, 6.45) is 0. The van der Waals surface area contributed by atoms with E-state index in [0.29, 0.717) is 5.82 Å². The van der Waals surface area contributed by atoms with Crippen LogP contribution in [0, 0.1) is 11.3 Å². The van der Waals surface area contributed by atoms with Crippen LogP contribution in [0.3, 0.4) is 0 Å². The molecule has 0 fully saturated rings. The zero-order valence-electron chi connectivity index (χ0n) is 6.84. The molecule has 1 aromatic rings. The van der Waals surface area contributed by atoms with E-state index in [1.165, 1.54) is 19.1 Å². The van der Waals surface area contributed by atoms with E-state index in [2.05, 4.69) is 10.3 Å². The van der Waals surface area contributed by atoms with E-state index in [1.807, 2.05) is 6.07 Å². The fraction of sp³-hybridized carbons (Fsp3) is 0.125. The van der Waals surface area contributed by atoms with E-state index < -0.39 is 0 Å². The molecule has 1 heterocycles. The lowest BCUT2D eigenvalue weighted by molar-refractivity contribution is -0.114. The number of anilines is 1. The van der Waals surface area contributed by atoms with E-state index >= 15 is 0 Å². The molecule has 1 aromatic heterocycles. The van der Waals surface area contributed by atoms with Crippen molar-refractivity contribution in [2.75, 3.05) is 5.32 Å². The predicted octanol–water partition coefficient (Wildman–Crippen LogP) is 1.57. The fourth-order valence-corrected chi connectivity index (χ4v) is 0.964. The summed E-state index contributed by atoms with van der Waals surface area (Å²) in [5.74, 6) is 0.116. The Balaban J connectivity index is 2.97. The van der Waals surface area contributed by atoms with Gasteiger partial charge in [-0.3, -0.25) is 4.79 Å². The number of nitriles is 1. The van der Waals surface area contributed by atoms with Crippen LogP contribution in [-0.4, -0.2) is 10.9 Å². The second kappa shape index (κ2) is 3.87. The van der Waals surface area contributed by atoms with Crippen molar-refractivity contribution in [2.24, 2.45) is 0 Å². The molecule has 0 radical (unpaired) electrons. The predicted molar refractivity (Wildman–Crippen MR) is 48.3 cm³/mol. The van der Waals surface area contributed by atoms with Crippen molar-refractivity contribution in [3.8, 4) is 6.07 Å². The molecule has 0 saturated heterocycles. The molecule has 0 atom stereocenters. The summed E-state index contributed by atoms with van der Waals surface area (Å²) < 4.78 is 0. The molecule has 0 aliphatic rings. The zero-order valence-corrected chi connectivity index (χ0v) is 7.59. The zero-order chi connectivity index (χ0) is 9.84. The van der Waals surface area contributed by atoms with Gasteiger partial charge in [0, 0.05) is 6.92 Å². The van der Waals surface area contributed by atoms with Gasteiger partial charge >= 0.3 is 0 Å². The maximum atomic E-state index is 10.6. The highest BCUT2D eigenvalue weighted by Gasteiger charge is 2.02. The van der Waals surface area contributed by atoms with Crippen molar-refractivity contribution in [2.45, 2.75) is 6.92 Å². The Labute approximate surface area is 80.2 Å². The van der Waals surface area contributed by atoms with Crippen LogP contribution >= 0.6 is 11.6 Å². The third kappa shape index (κ3) is 2.42. The quantitative estimate of drug-likeness (QED) is 0.692. The number of nitrogens with one attached hydrogen (secondary N) is 1. The van der Waals surface area contributed by atoms with Gasteiger partial charge < -0.3 is 5.32 Å². The number of hydrogen-bond acceptors (Lipinski definition) is 3. The van der Waals surface area contributed by atoms with Crippen LogP contribution in [0.2, 0.25) is 5.15 Å². The minimum Gasteiger partial charge on any atom is -0.311 e. The normalized spacial score (nSPS) is 9.00. The summed E-state index contributed by atoms with van der Waals surface area (Å²) in [4.78, 5) is 14.4. The minimum absolute atomic E-state index is 0.0914. The van der Waals surface area contributed by atoms with Gasteiger partial charge in [0.25, 0.3) is 0 Å². The van der Waals surface area contributed by atoms with Crippen molar-refractivity contribution in [1.29, 1.82) is 5.26 Å². The van der Waals surface area contributed by atoms with Gasteiger partial charge in [-0.2, -0.15) is 5.26 Å². The summed E-state index contributed by atoms with van der Waals surface area (Å²) in [5.41, 5.74) is 0.288. The number of halogens is 1. The third-order valence-electron chi connectivity index (χ3n) is 1.27. The van der Waals surface area contributed by atoms with Crippen LogP contribution in [-0.2, 0) is 4.79 Å². The lowest BCUT2D eigenvalue weighted by Gasteiger charge is -2.01. The standard InChI is InChI=1S/C8H6ClN3O/c1-5(13)11-7-3-2-6(4-10)8(9)12-7/h2-3H,1H3,(H,11,12,13). The molecule has 1 rings (SSSR count). The molecule has 0 unspecified atom stereocenters. The smallest absolute Gasteiger partial charge is 0.222 e. The first-order valence-electron chi connectivity index (χ1n) is 3.47. The molecule has 4 nitrogen and oxygen atoms in total. The van der Waals surface area contributed by atoms with Gasteiger partial charge in [0.1, 0.15) is 17.0 Å². The van der Waals surface area contributed by atoms with Crippen molar-refractivity contribution in [3.05, 3.63) is 22.8 Å². The number of amides is 1. The second-order valence-corrected chi connectivity index (χ2v) is 2.69. The fourth-order valence-electron chi connectivity index (χ4n) is 0.768. The second-order valence-electron chi connectivity index (χ2n) is 2.33. The third-order valence-corrected chi connectivity index (χ3v) is 1.56. The molecular weight excluding hydrogens is 190 g/mol. The van der Waals surface area contributed by atoms with Gasteiger partial charge in [-0.15, -0.1) is 0 Å². The topological polar surface area (TPSA) is 65.8 Å². The summed E-state index contributed by atoms with van der Waals surface area (Å²) in [6, 6.07) is 4.89. The lowest BCUT2D eigenvalue weighted by atomic mass is 10.3. The summed E-state index contributed by atoms with van der Waals surface area (Å²) in [7, 11) is 0. The SMILES string of the molecule is CC(=O)Nc1ccc(C#N)c(Cl)n1. The van der Waals surface area contributed by atoms with E-state index in [9.17, 15) is 4.79 Å². The average Bonchev–Trinajstić information content (AvgIpc) is 2.03. The molecule has 13 heavy (non-hydrogen) atoms. The monoisotopic (exact) mass is 195 g/mol. The Morgan fingerprint density at radius 1 is 1.69 bits per heavy atom. The maximum Gasteiger partial charge on any atom is 0.222 e. The van der Waals surface area contributed by atoms with Crippen LogP contribution in [0.1, 0.15) is 12.5 Å². The molecule has 0 aliphatic carbocycles. The van der Waals surface area contributed by atoms with Crippen LogP contribution < -0.4 is 5.32 Å². The molecule has 66 valence electrons. The molecule has 0 aromatic carbocycles. The Morgan fingerprint density at radius 2 is 2.38 bits per heavy atom. The van der Waals surface area contributed by atoms with Gasteiger partial charge in [-0.25, -0.2) is 4.98 Å². The molecule has 1 amide bonds. The number of carbonyl (C=O) groups excluding carboxylic acids is 1. The summed E-state index contributed by atoms with van der Waals surface area (Å²) in [5, 5.41) is 11.1. The van der Waals surface area contributed by atoms with Crippen LogP contribution in [0.4, 0.5) is 5.82 Å². The number of carbonyl (C=O) groups is 1. The Kier molecular flexibility index (Phi) is 2.83. The highest BCUT2D eigenvalue weighted by Crippen LogP contribution is 2.14. The molecule has 0 bridgehead atoms. The Morgan fingerprint density at radius 3 is 2.85 bits per heavy atom. The first kappa shape index (κ1) is 9.49. The van der Waals surface area contributed by atoms with E-state index in [-0.39, 0.29) is 16.6 Å². The number of aromatic nitrogens is 1. The number of hydrogen-bond donors (Lipinski definition) is 1. The van der Waals surface area contributed by atoms with Gasteiger partial charge in [0.15, 0.2) is 0 Å². The number of pyridine rings is 1. The van der Waals surface area contributed by atoms with Gasteiger partial charge in [-0.05, 0) is 12.1 Å². The molecule has 0 saturated carbocycles. The van der Waals surface area contributed by atoms with E-state index in [1.54, 1.807) is 0 Å². The number of nitrogens with zero attached hydrogens (tertiary/aromatic N) is 2. The molecule has 5 heteroatoms.